The van der Waals surface area contributed by atoms with E-state index in [0.717, 1.165) is 19.4 Å². The molecule has 1 atom stereocenters. The number of nitrogens with zero attached hydrogens (tertiary/aromatic N) is 5. The van der Waals surface area contributed by atoms with E-state index in [1.165, 1.54) is 0 Å². The van der Waals surface area contributed by atoms with E-state index in [0.29, 0.717) is 18.3 Å². The summed E-state index contributed by atoms with van der Waals surface area (Å²) in [4.78, 5) is 22.9. The molecule has 1 aliphatic heterocycles. The van der Waals surface area contributed by atoms with E-state index < -0.39 is 0 Å². The van der Waals surface area contributed by atoms with E-state index in [9.17, 15) is 4.79 Å². The van der Waals surface area contributed by atoms with Gasteiger partial charge in [0.15, 0.2) is 5.82 Å². The molecule has 7 nitrogen and oxygen atoms in total. The molecule has 2 aromatic rings. The van der Waals surface area contributed by atoms with Gasteiger partial charge in [0.2, 0.25) is 11.9 Å². The minimum Gasteiger partial charge on any atom is -0.340 e. The van der Waals surface area contributed by atoms with E-state index in [-0.39, 0.29) is 11.8 Å². The molecular weight excluding hydrogens is 268 g/mol. The number of carbonyl (C=O) groups excluding carboxylic acids is 1. The van der Waals surface area contributed by atoms with Crippen LogP contribution in [0.2, 0.25) is 0 Å². The molecule has 1 unspecified atom stereocenters. The first-order valence-electron chi connectivity index (χ1n) is 7.05. The van der Waals surface area contributed by atoms with Crippen LogP contribution in [0.25, 0.3) is 0 Å². The SMILES string of the molecule is Cn1ccc(NC(=O)C2CCCN(c3ncccn3)C2)n1. The lowest BCUT2D eigenvalue weighted by molar-refractivity contribution is -0.120. The molecule has 0 aliphatic carbocycles. The molecule has 1 amide bonds. The van der Waals surface area contributed by atoms with Gasteiger partial charge in [-0.05, 0) is 18.9 Å². The van der Waals surface area contributed by atoms with Crippen LogP contribution in [0, 0.1) is 5.92 Å². The zero-order valence-corrected chi connectivity index (χ0v) is 11.9. The number of amides is 1. The number of nitrogens with one attached hydrogen (secondary N) is 1. The average Bonchev–Trinajstić information content (AvgIpc) is 2.93. The van der Waals surface area contributed by atoms with Crippen molar-refractivity contribution in [3.8, 4) is 0 Å². The maximum Gasteiger partial charge on any atom is 0.230 e. The van der Waals surface area contributed by atoms with Crippen LogP contribution in [0.4, 0.5) is 11.8 Å². The summed E-state index contributed by atoms with van der Waals surface area (Å²) in [5.41, 5.74) is 0. The molecule has 3 heterocycles. The van der Waals surface area contributed by atoms with Gasteiger partial charge in [0.25, 0.3) is 0 Å². The fourth-order valence-corrected chi connectivity index (χ4v) is 2.54. The summed E-state index contributed by atoms with van der Waals surface area (Å²) in [7, 11) is 1.82. The molecule has 1 fully saturated rings. The lowest BCUT2D eigenvalue weighted by Crippen LogP contribution is -2.41. The summed E-state index contributed by atoms with van der Waals surface area (Å²) in [5, 5.41) is 7.04. The van der Waals surface area contributed by atoms with Gasteiger partial charge in [0.05, 0.1) is 5.92 Å². The van der Waals surface area contributed by atoms with Crippen LogP contribution in [0.1, 0.15) is 12.8 Å². The predicted molar refractivity (Wildman–Crippen MR) is 78.8 cm³/mol. The third kappa shape index (κ3) is 3.18. The summed E-state index contributed by atoms with van der Waals surface area (Å²) in [5.74, 6) is 1.22. The Kier molecular flexibility index (Phi) is 3.81. The van der Waals surface area contributed by atoms with Gasteiger partial charge in [-0.1, -0.05) is 0 Å². The minimum atomic E-state index is -0.0652. The maximum atomic E-state index is 12.3. The standard InChI is InChI=1S/C14H18N6O/c1-19-9-5-12(18-19)17-13(21)11-4-2-8-20(10-11)14-15-6-3-7-16-14/h3,5-7,9,11H,2,4,8,10H2,1H3,(H,17,18,21). The number of hydrogen-bond donors (Lipinski definition) is 1. The fraction of sp³-hybridized carbons (Fsp3) is 0.429. The lowest BCUT2D eigenvalue weighted by Gasteiger charge is -2.31. The van der Waals surface area contributed by atoms with Crippen LogP contribution in [-0.4, -0.2) is 38.7 Å². The quantitative estimate of drug-likeness (QED) is 0.913. The Morgan fingerprint density at radius 3 is 2.90 bits per heavy atom. The molecular formula is C14H18N6O. The highest BCUT2D eigenvalue weighted by Gasteiger charge is 2.27. The Bertz CT molecular complexity index is 611. The Labute approximate surface area is 123 Å². The van der Waals surface area contributed by atoms with Gasteiger partial charge in [-0.3, -0.25) is 9.48 Å². The van der Waals surface area contributed by atoms with Crippen molar-refractivity contribution in [1.82, 2.24) is 19.7 Å². The Hall–Kier alpha value is -2.44. The van der Waals surface area contributed by atoms with Crippen molar-refractivity contribution in [3.63, 3.8) is 0 Å². The van der Waals surface area contributed by atoms with Crippen LogP contribution in [0.15, 0.2) is 30.7 Å². The Morgan fingerprint density at radius 1 is 1.38 bits per heavy atom. The Morgan fingerprint density at radius 2 is 2.19 bits per heavy atom. The van der Waals surface area contributed by atoms with E-state index in [2.05, 4.69) is 25.3 Å². The monoisotopic (exact) mass is 286 g/mol. The molecule has 2 aromatic heterocycles. The molecule has 0 saturated carbocycles. The van der Waals surface area contributed by atoms with Crippen LogP contribution in [0.3, 0.4) is 0 Å². The van der Waals surface area contributed by atoms with Crippen molar-refractivity contribution < 1.29 is 4.79 Å². The third-order valence-electron chi connectivity index (χ3n) is 3.59. The first-order chi connectivity index (χ1) is 10.2. The van der Waals surface area contributed by atoms with Gasteiger partial charge < -0.3 is 10.2 Å². The molecule has 0 aromatic carbocycles. The van der Waals surface area contributed by atoms with Gasteiger partial charge in [-0.2, -0.15) is 5.10 Å². The highest BCUT2D eigenvalue weighted by molar-refractivity contribution is 5.92. The second-order valence-electron chi connectivity index (χ2n) is 5.20. The average molecular weight is 286 g/mol. The van der Waals surface area contributed by atoms with Gasteiger partial charge >= 0.3 is 0 Å². The molecule has 1 aliphatic rings. The summed E-state index contributed by atoms with van der Waals surface area (Å²) in [6.07, 6.45) is 7.08. The second-order valence-corrected chi connectivity index (χ2v) is 5.20. The largest absolute Gasteiger partial charge is 0.340 e. The van der Waals surface area contributed by atoms with Crippen molar-refractivity contribution >= 4 is 17.7 Å². The first-order valence-corrected chi connectivity index (χ1v) is 7.05. The molecule has 7 heteroatoms. The fourth-order valence-electron chi connectivity index (χ4n) is 2.54. The van der Waals surface area contributed by atoms with Crippen molar-refractivity contribution in [3.05, 3.63) is 30.7 Å². The zero-order chi connectivity index (χ0) is 14.7. The van der Waals surface area contributed by atoms with Crippen molar-refractivity contribution in [2.75, 3.05) is 23.3 Å². The topological polar surface area (TPSA) is 75.9 Å². The van der Waals surface area contributed by atoms with E-state index >= 15 is 0 Å². The minimum absolute atomic E-state index is 0.00864. The molecule has 0 spiro atoms. The number of aryl methyl sites for hydroxylation is 1. The molecule has 21 heavy (non-hydrogen) atoms. The van der Waals surface area contributed by atoms with Crippen LogP contribution < -0.4 is 10.2 Å². The van der Waals surface area contributed by atoms with E-state index in [1.807, 2.05) is 7.05 Å². The summed E-state index contributed by atoms with van der Waals surface area (Å²) in [6.45, 7) is 1.53. The normalized spacial score (nSPS) is 18.5. The molecule has 3 rings (SSSR count). The maximum absolute atomic E-state index is 12.3. The summed E-state index contributed by atoms with van der Waals surface area (Å²) in [6, 6.07) is 3.58. The van der Waals surface area contributed by atoms with Gasteiger partial charge in [-0.25, -0.2) is 9.97 Å². The van der Waals surface area contributed by atoms with Gasteiger partial charge in [-0.15, -0.1) is 0 Å². The lowest BCUT2D eigenvalue weighted by atomic mass is 9.97. The molecule has 1 saturated heterocycles. The zero-order valence-electron chi connectivity index (χ0n) is 11.9. The number of hydrogen-bond acceptors (Lipinski definition) is 5. The Balaban J connectivity index is 1.64. The van der Waals surface area contributed by atoms with E-state index in [1.54, 1.807) is 35.4 Å². The van der Waals surface area contributed by atoms with Crippen molar-refractivity contribution in [1.29, 1.82) is 0 Å². The number of rotatable bonds is 3. The number of anilines is 2. The number of aromatic nitrogens is 4. The van der Waals surface area contributed by atoms with Crippen LogP contribution in [0.5, 0.6) is 0 Å². The highest BCUT2D eigenvalue weighted by atomic mass is 16.2. The van der Waals surface area contributed by atoms with Gasteiger partial charge in [0, 0.05) is 44.8 Å². The first kappa shape index (κ1) is 13.5. The van der Waals surface area contributed by atoms with Crippen molar-refractivity contribution in [2.45, 2.75) is 12.8 Å². The number of carbonyl (C=O) groups is 1. The summed E-state index contributed by atoms with van der Waals surface area (Å²) < 4.78 is 1.67. The predicted octanol–water partition coefficient (Wildman–Crippen LogP) is 1.07. The molecule has 0 radical (unpaired) electrons. The summed E-state index contributed by atoms with van der Waals surface area (Å²) >= 11 is 0. The van der Waals surface area contributed by atoms with Gasteiger partial charge in [0.1, 0.15) is 0 Å². The molecule has 110 valence electrons. The van der Waals surface area contributed by atoms with Crippen LogP contribution >= 0.6 is 0 Å². The molecule has 1 N–H and O–H groups in total. The third-order valence-corrected chi connectivity index (χ3v) is 3.59. The van der Waals surface area contributed by atoms with Crippen LogP contribution in [-0.2, 0) is 11.8 Å². The van der Waals surface area contributed by atoms with Crippen molar-refractivity contribution in [2.24, 2.45) is 13.0 Å². The smallest absolute Gasteiger partial charge is 0.230 e. The molecule has 0 bridgehead atoms. The second kappa shape index (κ2) is 5.90. The highest BCUT2D eigenvalue weighted by Crippen LogP contribution is 2.21. The number of piperidine rings is 1. The van der Waals surface area contributed by atoms with E-state index in [4.69, 9.17) is 0 Å².